The molecule has 1 amide bonds. The van der Waals surface area contributed by atoms with Gasteiger partial charge in [-0.25, -0.2) is 9.97 Å². The lowest BCUT2D eigenvalue weighted by atomic mass is 9.97. The first kappa shape index (κ1) is 23.1. The van der Waals surface area contributed by atoms with E-state index in [-0.39, 0.29) is 23.9 Å². The normalized spacial score (nSPS) is 16.5. The molecule has 1 fully saturated rings. The maximum Gasteiger partial charge on any atom is 0.416 e. The third-order valence-corrected chi connectivity index (χ3v) is 6.46. The molecule has 172 valence electrons. The first-order chi connectivity index (χ1) is 15.9. The number of benzene rings is 2. The molecule has 4 rings (SSSR count). The quantitative estimate of drug-likeness (QED) is 0.536. The van der Waals surface area contributed by atoms with Crippen LogP contribution in [0.4, 0.5) is 19.0 Å². The Hall–Kier alpha value is -3.07. The molecule has 2 heterocycles. The molecule has 2 aromatic carbocycles. The summed E-state index contributed by atoms with van der Waals surface area (Å²) in [5, 5.41) is 3.45. The number of nitrogens with one attached hydrogen (secondary N) is 1. The number of hydrogen-bond donors (Lipinski definition) is 1. The van der Waals surface area contributed by atoms with Gasteiger partial charge in [0.05, 0.1) is 11.5 Å². The van der Waals surface area contributed by atoms with Gasteiger partial charge >= 0.3 is 6.18 Å². The number of nitrogens with zero attached hydrogens (tertiary/aromatic N) is 3. The molecule has 1 aromatic heterocycles. The summed E-state index contributed by atoms with van der Waals surface area (Å²) in [6.45, 7) is 1.01. The van der Waals surface area contributed by atoms with Crippen molar-refractivity contribution in [3.05, 3.63) is 78.1 Å². The molecule has 1 saturated heterocycles. The van der Waals surface area contributed by atoms with Crippen molar-refractivity contribution in [2.45, 2.75) is 35.5 Å². The number of rotatable bonds is 6. The Morgan fingerprint density at radius 3 is 2.58 bits per heavy atom. The molecule has 33 heavy (non-hydrogen) atoms. The van der Waals surface area contributed by atoms with Crippen molar-refractivity contribution in [1.82, 2.24) is 15.3 Å². The molecular formula is C24H23F3N4OS. The second kappa shape index (κ2) is 10.2. The van der Waals surface area contributed by atoms with E-state index in [1.54, 1.807) is 18.5 Å². The van der Waals surface area contributed by atoms with Gasteiger partial charge in [0.25, 0.3) is 0 Å². The standard InChI is InChI=1S/C24H23F3N4OS/c25-24(26,27)20-11-5-4-7-17(20)15-30-22(32)18-8-6-14-31(16-18)21-23(29-13-12-28-21)33-19-9-2-1-3-10-19/h1-5,7,9-13,18H,6,8,14-16H2,(H,30,32). The summed E-state index contributed by atoms with van der Waals surface area (Å²) >= 11 is 1.51. The van der Waals surface area contributed by atoms with Crippen molar-refractivity contribution in [3.63, 3.8) is 0 Å². The van der Waals surface area contributed by atoms with Gasteiger partial charge in [0, 0.05) is 36.9 Å². The third kappa shape index (κ3) is 5.84. The van der Waals surface area contributed by atoms with Crippen LogP contribution in [0.2, 0.25) is 0 Å². The number of alkyl halides is 3. The zero-order valence-electron chi connectivity index (χ0n) is 17.8. The molecule has 1 aliphatic rings. The number of hydrogen-bond acceptors (Lipinski definition) is 5. The van der Waals surface area contributed by atoms with Gasteiger partial charge in [-0.15, -0.1) is 0 Å². The van der Waals surface area contributed by atoms with Gasteiger partial charge in [-0.05, 0) is 36.6 Å². The fourth-order valence-electron chi connectivity index (χ4n) is 3.87. The molecule has 3 aromatic rings. The Balaban J connectivity index is 1.43. The highest BCUT2D eigenvalue weighted by Gasteiger charge is 2.33. The molecule has 1 N–H and O–H groups in total. The summed E-state index contributed by atoms with van der Waals surface area (Å²) in [7, 11) is 0. The predicted octanol–water partition coefficient (Wildman–Crippen LogP) is 5.18. The molecule has 1 atom stereocenters. The Morgan fingerprint density at radius 2 is 1.79 bits per heavy atom. The average molecular weight is 473 g/mol. The smallest absolute Gasteiger partial charge is 0.354 e. The minimum atomic E-state index is -4.46. The van der Waals surface area contributed by atoms with E-state index < -0.39 is 11.7 Å². The number of carbonyl (C=O) groups is 1. The Labute approximate surface area is 194 Å². The van der Waals surface area contributed by atoms with Gasteiger partial charge in [0.15, 0.2) is 5.82 Å². The molecule has 0 spiro atoms. The molecule has 0 radical (unpaired) electrons. The predicted molar refractivity (Wildman–Crippen MR) is 121 cm³/mol. The SMILES string of the molecule is O=C(NCc1ccccc1C(F)(F)F)C1CCCN(c2nccnc2Sc2ccccc2)C1. The summed E-state index contributed by atoms with van der Waals surface area (Å²) < 4.78 is 39.7. The Morgan fingerprint density at radius 1 is 1.06 bits per heavy atom. The molecule has 0 bridgehead atoms. The van der Waals surface area contributed by atoms with Gasteiger partial charge < -0.3 is 10.2 Å². The van der Waals surface area contributed by atoms with Crippen LogP contribution in [0.3, 0.4) is 0 Å². The summed E-state index contributed by atoms with van der Waals surface area (Å²) in [6.07, 6.45) is 0.263. The number of halogens is 3. The number of amides is 1. The van der Waals surface area contributed by atoms with Crippen LogP contribution in [-0.4, -0.2) is 29.0 Å². The number of aromatic nitrogens is 2. The summed E-state index contributed by atoms with van der Waals surface area (Å²) in [6, 6.07) is 15.2. The van der Waals surface area contributed by atoms with Crippen LogP contribution in [0, 0.1) is 5.92 Å². The van der Waals surface area contributed by atoms with E-state index >= 15 is 0 Å². The van der Waals surface area contributed by atoms with E-state index in [0.717, 1.165) is 29.0 Å². The van der Waals surface area contributed by atoms with Gasteiger partial charge in [-0.3, -0.25) is 4.79 Å². The van der Waals surface area contributed by atoms with E-state index in [1.807, 2.05) is 35.2 Å². The van der Waals surface area contributed by atoms with Crippen molar-refractivity contribution in [2.24, 2.45) is 5.92 Å². The Bertz CT molecular complexity index is 1090. The van der Waals surface area contributed by atoms with Crippen LogP contribution in [-0.2, 0) is 17.5 Å². The van der Waals surface area contributed by atoms with Crippen molar-refractivity contribution in [3.8, 4) is 0 Å². The highest BCUT2D eigenvalue weighted by atomic mass is 32.2. The Kier molecular flexibility index (Phi) is 7.17. The van der Waals surface area contributed by atoms with E-state index in [4.69, 9.17) is 0 Å². The van der Waals surface area contributed by atoms with Gasteiger partial charge in [-0.1, -0.05) is 48.2 Å². The van der Waals surface area contributed by atoms with Crippen LogP contribution in [0.25, 0.3) is 0 Å². The van der Waals surface area contributed by atoms with Crippen LogP contribution in [0.1, 0.15) is 24.0 Å². The third-order valence-electron chi connectivity index (χ3n) is 5.47. The van der Waals surface area contributed by atoms with E-state index in [1.165, 1.54) is 23.9 Å². The zero-order chi connectivity index (χ0) is 23.3. The lowest BCUT2D eigenvalue weighted by Gasteiger charge is -2.33. The van der Waals surface area contributed by atoms with Gasteiger partial charge in [-0.2, -0.15) is 13.2 Å². The second-order valence-corrected chi connectivity index (χ2v) is 8.82. The summed E-state index contributed by atoms with van der Waals surface area (Å²) in [5.41, 5.74) is -0.667. The second-order valence-electron chi connectivity index (χ2n) is 7.76. The molecule has 9 heteroatoms. The highest BCUT2D eigenvalue weighted by molar-refractivity contribution is 7.99. The maximum atomic E-state index is 13.2. The van der Waals surface area contributed by atoms with Crippen molar-refractivity contribution in [1.29, 1.82) is 0 Å². The molecule has 0 saturated carbocycles. The molecular weight excluding hydrogens is 449 g/mol. The van der Waals surface area contributed by atoms with E-state index in [2.05, 4.69) is 15.3 Å². The van der Waals surface area contributed by atoms with E-state index in [0.29, 0.717) is 18.8 Å². The van der Waals surface area contributed by atoms with Gasteiger partial charge in [0.1, 0.15) is 5.03 Å². The molecule has 1 unspecified atom stereocenters. The summed E-state index contributed by atoms with van der Waals surface area (Å²) in [5.74, 6) is 0.123. The van der Waals surface area contributed by atoms with Crippen LogP contribution in [0.15, 0.2) is 76.9 Å². The largest absolute Gasteiger partial charge is 0.416 e. The number of piperidine rings is 1. The van der Waals surface area contributed by atoms with Gasteiger partial charge in [0.2, 0.25) is 5.91 Å². The lowest BCUT2D eigenvalue weighted by molar-refractivity contribution is -0.138. The topological polar surface area (TPSA) is 58.1 Å². The molecule has 5 nitrogen and oxygen atoms in total. The number of anilines is 1. The zero-order valence-corrected chi connectivity index (χ0v) is 18.6. The fraction of sp³-hybridized carbons (Fsp3) is 0.292. The molecule has 0 aliphatic carbocycles. The van der Waals surface area contributed by atoms with Crippen LogP contribution in [0.5, 0.6) is 0 Å². The van der Waals surface area contributed by atoms with Crippen LogP contribution < -0.4 is 10.2 Å². The monoisotopic (exact) mass is 472 g/mol. The maximum absolute atomic E-state index is 13.2. The van der Waals surface area contributed by atoms with Crippen molar-refractivity contribution < 1.29 is 18.0 Å². The minimum Gasteiger partial charge on any atom is -0.354 e. The highest BCUT2D eigenvalue weighted by Crippen LogP contribution is 2.34. The van der Waals surface area contributed by atoms with Crippen molar-refractivity contribution >= 4 is 23.5 Å². The summed E-state index contributed by atoms with van der Waals surface area (Å²) in [4.78, 5) is 24.9. The fourth-order valence-corrected chi connectivity index (χ4v) is 4.77. The average Bonchev–Trinajstić information content (AvgIpc) is 2.83. The number of carbonyl (C=O) groups excluding carboxylic acids is 1. The van der Waals surface area contributed by atoms with Crippen LogP contribution >= 0.6 is 11.8 Å². The minimum absolute atomic E-state index is 0.0569. The van der Waals surface area contributed by atoms with E-state index in [9.17, 15) is 18.0 Å². The first-order valence-corrected chi connectivity index (χ1v) is 11.4. The van der Waals surface area contributed by atoms with Crippen molar-refractivity contribution in [2.75, 3.05) is 18.0 Å². The lowest BCUT2D eigenvalue weighted by Crippen LogP contribution is -2.43. The molecule has 1 aliphatic heterocycles. The first-order valence-electron chi connectivity index (χ1n) is 10.6.